The van der Waals surface area contributed by atoms with E-state index in [9.17, 15) is 9.59 Å². The van der Waals surface area contributed by atoms with E-state index < -0.39 is 0 Å². The molecule has 3 amide bonds. The topological polar surface area (TPSA) is 73.5 Å². The average Bonchev–Trinajstić information content (AvgIpc) is 2.57. The number of likely N-dealkylation sites (N-methyl/N-ethyl adjacent to an activating group) is 1. The lowest BCUT2D eigenvalue weighted by Gasteiger charge is -2.27. The van der Waals surface area contributed by atoms with Crippen LogP contribution in [0.3, 0.4) is 0 Å². The third kappa shape index (κ3) is 7.54. The summed E-state index contributed by atoms with van der Waals surface area (Å²) in [7, 11) is 2.00. The van der Waals surface area contributed by atoms with E-state index in [1.54, 1.807) is 0 Å². The van der Waals surface area contributed by atoms with Gasteiger partial charge >= 0.3 is 6.03 Å². The summed E-state index contributed by atoms with van der Waals surface area (Å²) in [5.74, 6) is -0.0377. The van der Waals surface area contributed by atoms with Gasteiger partial charge in [0, 0.05) is 44.8 Å². The molecule has 1 aromatic rings. The van der Waals surface area contributed by atoms with Crippen LogP contribution in [0.4, 0.5) is 10.5 Å². The van der Waals surface area contributed by atoms with Crippen molar-refractivity contribution in [2.75, 3.05) is 31.6 Å². The third-order valence-electron chi connectivity index (χ3n) is 3.59. The first-order valence-electron chi connectivity index (χ1n) is 8.10. The van der Waals surface area contributed by atoms with Crippen LogP contribution >= 0.6 is 0 Å². The number of carbonyl (C=O) groups is 2. The predicted molar refractivity (Wildman–Crippen MR) is 93.6 cm³/mol. The highest BCUT2D eigenvalue weighted by molar-refractivity contribution is 5.78. The molecule has 0 fully saturated rings. The van der Waals surface area contributed by atoms with Crippen LogP contribution in [0.5, 0.6) is 0 Å². The Labute approximate surface area is 138 Å². The van der Waals surface area contributed by atoms with Gasteiger partial charge in [0.15, 0.2) is 0 Å². The molecule has 0 saturated heterocycles. The zero-order valence-electron chi connectivity index (χ0n) is 14.3. The molecule has 1 atom stereocenters. The number of carbonyl (C=O) groups excluding carboxylic acids is 2. The molecule has 1 unspecified atom stereocenters. The van der Waals surface area contributed by atoms with Gasteiger partial charge in [-0.25, -0.2) is 4.79 Å². The molecule has 0 bridgehead atoms. The number of para-hydroxylation sites is 1. The first-order chi connectivity index (χ1) is 11.0. The van der Waals surface area contributed by atoms with Crippen LogP contribution < -0.4 is 20.9 Å². The van der Waals surface area contributed by atoms with E-state index in [2.05, 4.69) is 20.9 Å². The minimum absolute atomic E-state index is 0.0377. The number of hydrogen-bond acceptors (Lipinski definition) is 3. The normalized spacial score (nSPS) is 11.4. The molecule has 3 N–H and O–H groups in total. The van der Waals surface area contributed by atoms with Crippen LogP contribution in [0, 0.1) is 0 Å². The molecular formula is C17H28N4O2. The Balaban J connectivity index is 2.21. The summed E-state index contributed by atoms with van der Waals surface area (Å²) in [6.45, 7) is 5.59. The first kappa shape index (κ1) is 18.8. The van der Waals surface area contributed by atoms with Crippen molar-refractivity contribution >= 4 is 17.6 Å². The molecule has 23 heavy (non-hydrogen) atoms. The second-order valence-electron chi connectivity index (χ2n) is 5.53. The molecule has 6 nitrogen and oxygen atoms in total. The molecule has 0 aliphatic carbocycles. The Kier molecular flexibility index (Phi) is 8.57. The Morgan fingerprint density at radius 1 is 1.09 bits per heavy atom. The van der Waals surface area contributed by atoms with Gasteiger partial charge in [-0.05, 0) is 25.5 Å². The van der Waals surface area contributed by atoms with Crippen molar-refractivity contribution < 1.29 is 9.59 Å². The van der Waals surface area contributed by atoms with E-state index in [-0.39, 0.29) is 18.0 Å². The number of rotatable bonds is 9. The fraction of sp³-hybridized carbons (Fsp3) is 0.529. The Hall–Kier alpha value is -2.24. The summed E-state index contributed by atoms with van der Waals surface area (Å²) in [4.78, 5) is 25.2. The van der Waals surface area contributed by atoms with Crippen molar-refractivity contribution in [1.29, 1.82) is 0 Å². The first-order valence-corrected chi connectivity index (χ1v) is 8.10. The molecule has 0 radical (unpaired) electrons. The lowest BCUT2D eigenvalue weighted by atomic mass is 10.2. The standard InChI is InChI=1S/C17H28N4O2/c1-4-11-18-16(22)10-12-19-17(23)20-13-14(2)21(3)15-8-6-5-7-9-15/h5-9,14H,4,10-13H2,1-3H3,(H,18,22)(H2,19,20,23). The minimum atomic E-state index is -0.249. The molecule has 128 valence electrons. The average molecular weight is 320 g/mol. The Morgan fingerprint density at radius 2 is 1.78 bits per heavy atom. The monoisotopic (exact) mass is 320 g/mol. The fourth-order valence-corrected chi connectivity index (χ4v) is 2.00. The second-order valence-corrected chi connectivity index (χ2v) is 5.53. The maximum absolute atomic E-state index is 11.7. The maximum Gasteiger partial charge on any atom is 0.314 e. The highest BCUT2D eigenvalue weighted by Gasteiger charge is 2.11. The smallest absolute Gasteiger partial charge is 0.314 e. The lowest BCUT2D eigenvalue weighted by Crippen LogP contribution is -2.44. The quantitative estimate of drug-likeness (QED) is 0.649. The summed E-state index contributed by atoms with van der Waals surface area (Å²) in [6, 6.07) is 9.93. The summed E-state index contributed by atoms with van der Waals surface area (Å²) in [5.41, 5.74) is 1.11. The number of amides is 3. The number of urea groups is 1. The summed E-state index contributed by atoms with van der Waals surface area (Å²) in [5, 5.41) is 8.29. The summed E-state index contributed by atoms with van der Waals surface area (Å²) >= 11 is 0. The molecule has 0 aliphatic rings. The molecule has 1 aromatic carbocycles. The third-order valence-corrected chi connectivity index (χ3v) is 3.59. The van der Waals surface area contributed by atoms with Crippen molar-refractivity contribution in [2.24, 2.45) is 0 Å². The minimum Gasteiger partial charge on any atom is -0.370 e. The molecule has 0 saturated carbocycles. The summed E-state index contributed by atoms with van der Waals surface area (Å²) in [6.07, 6.45) is 1.21. The van der Waals surface area contributed by atoms with Crippen LogP contribution in [0.15, 0.2) is 30.3 Å². The Morgan fingerprint density at radius 3 is 2.43 bits per heavy atom. The van der Waals surface area contributed by atoms with Gasteiger partial charge in [0.25, 0.3) is 0 Å². The van der Waals surface area contributed by atoms with Crippen LogP contribution in [0.2, 0.25) is 0 Å². The van der Waals surface area contributed by atoms with Gasteiger partial charge < -0.3 is 20.9 Å². The van der Waals surface area contributed by atoms with Crippen LogP contribution in [-0.4, -0.2) is 44.7 Å². The van der Waals surface area contributed by atoms with Gasteiger partial charge in [0.1, 0.15) is 0 Å². The molecule has 0 heterocycles. The fourth-order valence-electron chi connectivity index (χ4n) is 2.00. The van der Waals surface area contributed by atoms with E-state index >= 15 is 0 Å². The number of anilines is 1. The number of hydrogen-bond donors (Lipinski definition) is 3. The second kappa shape index (κ2) is 10.5. The lowest BCUT2D eigenvalue weighted by molar-refractivity contribution is -0.120. The van der Waals surface area contributed by atoms with E-state index in [4.69, 9.17) is 0 Å². The zero-order valence-corrected chi connectivity index (χ0v) is 14.3. The molecule has 0 aliphatic heterocycles. The van der Waals surface area contributed by atoms with E-state index in [1.165, 1.54) is 0 Å². The number of nitrogens with one attached hydrogen (secondary N) is 3. The van der Waals surface area contributed by atoms with Gasteiger partial charge in [0.05, 0.1) is 0 Å². The SMILES string of the molecule is CCCNC(=O)CCNC(=O)NCC(C)N(C)c1ccccc1. The zero-order chi connectivity index (χ0) is 17.1. The number of nitrogens with zero attached hydrogens (tertiary/aromatic N) is 1. The highest BCUT2D eigenvalue weighted by Crippen LogP contribution is 2.13. The van der Waals surface area contributed by atoms with Crippen molar-refractivity contribution in [3.05, 3.63) is 30.3 Å². The number of benzene rings is 1. The van der Waals surface area contributed by atoms with Gasteiger partial charge in [-0.1, -0.05) is 25.1 Å². The van der Waals surface area contributed by atoms with Crippen molar-refractivity contribution in [3.63, 3.8) is 0 Å². The van der Waals surface area contributed by atoms with Crippen LogP contribution in [0.25, 0.3) is 0 Å². The van der Waals surface area contributed by atoms with E-state index in [1.807, 2.05) is 51.2 Å². The largest absolute Gasteiger partial charge is 0.370 e. The van der Waals surface area contributed by atoms with E-state index in [0.717, 1.165) is 12.1 Å². The van der Waals surface area contributed by atoms with Crippen molar-refractivity contribution in [2.45, 2.75) is 32.7 Å². The van der Waals surface area contributed by atoms with Crippen molar-refractivity contribution in [1.82, 2.24) is 16.0 Å². The molecule has 1 rings (SSSR count). The van der Waals surface area contributed by atoms with Crippen LogP contribution in [0.1, 0.15) is 26.7 Å². The molecular weight excluding hydrogens is 292 g/mol. The predicted octanol–water partition coefficient (Wildman–Crippen LogP) is 1.73. The Bertz CT molecular complexity index is 479. The van der Waals surface area contributed by atoms with E-state index in [0.29, 0.717) is 26.1 Å². The molecule has 6 heteroatoms. The maximum atomic E-state index is 11.7. The molecule has 0 spiro atoms. The van der Waals surface area contributed by atoms with Gasteiger partial charge in [-0.2, -0.15) is 0 Å². The van der Waals surface area contributed by atoms with Gasteiger partial charge in [-0.15, -0.1) is 0 Å². The van der Waals surface area contributed by atoms with Gasteiger partial charge in [0.2, 0.25) is 5.91 Å². The summed E-state index contributed by atoms with van der Waals surface area (Å²) < 4.78 is 0. The van der Waals surface area contributed by atoms with Crippen molar-refractivity contribution in [3.8, 4) is 0 Å². The van der Waals surface area contributed by atoms with Crippen LogP contribution in [-0.2, 0) is 4.79 Å². The molecule has 0 aromatic heterocycles. The van der Waals surface area contributed by atoms with Gasteiger partial charge in [-0.3, -0.25) is 4.79 Å². The highest BCUT2D eigenvalue weighted by atomic mass is 16.2.